The van der Waals surface area contributed by atoms with Crippen molar-refractivity contribution < 1.29 is 4.74 Å². The standard InChI is InChI=1S/C14H14N4O2/c1-8-6-13(18-17-8)15-12-7-10-9(14(19)16-12)4-3-5-11(10)20-2/h3-7H,1-2H3,(H3,15,16,17,18,19). The van der Waals surface area contributed by atoms with Gasteiger partial charge in [0.25, 0.3) is 5.56 Å². The molecule has 6 nitrogen and oxygen atoms in total. The number of aromatic amines is 2. The Kier molecular flexibility index (Phi) is 2.90. The van der Waals surface area contributed by atoms with Gasteiger partial charge in [-0.15, -0.1) is 0 Å². The molecule has 0 saturated carbocycles. The summed E-state index contributed by atoms with van der Waals surface area (Å²) in [4.78, 5) is 14.9. The summed E-state index contributed by atoms with van der Waals surface area (Å²) in [5.41, 5.74) is 0.768. The number of methoxy groups -OCH3 is 1. The van der Waals surface area contributed by atoms with Gasteiger partial charge in [-0.3, -0.25) is 9.89 Å². The highest BCUT2D eigenvalue weighted by molar-refractivity contribution is 5.89. The largest absolute Gasteiger partial charge is 0.496 e. The lowest BCUT2D eigenvalue weighted by Crippen LogP contribution is -2.09. The van der Waals surface area contributed by atoms with E-state index in [9.17, 15) is 4.79 Å². The van der Waals surface area contributed by atoms with E-state index in [4.69, 9.17) is 4.74 Å². The zero-order valence-electron chi connectivity index (χ0n) is 11.2. The summed E-state index contributed by atoms with van der Waals surface area (Å²) in [6.07, 6.45) is 0. The van der Waals surface area contributed by atoms with Crippen LogP contribution in [-0.4, -0.2) is 22.3 Å². The molecule has 0 bridgehead atoms. The number of fused-ring (bicyclic) bond motifs is 1. The third-order valence-corrected chi connectivity index (χ3v) is 3.04. The highest BCUT2D eigenvalue weighted by Gasteiger charge is 2.07. The maximum atomic E-state index is 12.1. The molecule has 3 rings (SSSR count). The Hall–Kier alpha value is -2.76. The van der Waals surface area contributed by atoms with Crippen LogP contribution in [0.3, 0.4) is 0 Å². The smallest absolute Gasteiger partial charge is 0.257 e. The third-order valence-electron chi connectivity index (χ3n) is 3.04. The van der Waals surface area contributed by atoms with Crippen LogP contribution in [0.1, 0.15) is 5.69 Å². The molecule has 0 spiro atoms. The quantitative estimate of drug-likeness (QED) is 0.682. The van der Waals surface area contributed by atoms with Crippen LogP contribution in [0.15, 0.2) is 35.1 Å². The van der Waals surface area contributed by atoms with E-state index < -0.39 is 0 Å². The molecule has 2 aromatic heterocycles. The minimum Gasteiger partial charge on any atom is -0.496 e. The summed E-state index contributed by atoms with van der Waals surface area (Å²) in [6.45, 7) is 1.91. The van der Waals surface area contributed by atoms with Crippen molar-refractivity contribution in [2.75, 3.05) is 12.4 Å². The van der Waals surface area contributed by atoms with E-state index in [0.717, 1.165) is 11.1 Å². The van der Waals surface area contributed by atoms with E-state index >= 15 is 0 Å². The Morgan fingerprint density at radius 3 is 2.80 bits per heavy atom. The minimum atomic E-state index is -0.170. The second kappa shape index (κ2) is 4.73. The lowest BCUT2D eigenvalue weighted by Gasteiger charge is -2.07. The fraction of sp³-hybridized carbons (Fsp3) is 0.143. The van der Waals surface area contributed by atoms with Crippen molar-refractivity contribution >= 4 is 22.4 Å². The minimum absolute atomic E-state index is 0.170. The van der Waals surface area contributed by atoms with E-state index in [-0.39, 0.29) is 5.56 Å². The number of ether oxygens (including phenoxy) is 1. The normalized spacial score (nSPS) is 10.7. The zero-order chi connectivity index (χ0) is 14.1. The number of H-pyrrole nitrogens is 2. The molecule has 3 aromatic rings. The predicted molar refractivity (Wildman–Crippen MR) is 77.7 cm³/mol. The van der Waals surface area contributed by atoms with E-state index in [1.165, 1.54) is 0 Å². The van der Waals surface area contributed by atoms with Gasteiger partial charge in [0.05, 0.1) is 12.5 Å². The molecule has 2 heterocycles. The number of hydrogen-bond acceptors (Lipinski definition) is 4. The highest BCUT2D eigenvalue weighted by atomic mass is 16.5. The Morgan fingerprint density at radius 1 is 1.25 bits per heavy atom. The molecule has 0 unspecified atom stereocenters. The first-order valence-electron chi connectivity index (χ1n) is 6.16. The summed E-state index contributed by atoms with van der Waals surface area (Å²) < 4.78 is 5.29. The van der Waals surface area contributed by atoms with Gasteiger partial charge in [-0.1, -0.05) is 6.07 Å². The Bertz CT molecular complexity index is 819. The number of nitrogens with zero attached hydrogens (tertiary/aromatic N) is 1. The monoisotopic (exact) mass is 270 g/mol. The molecule has 0 atom stereocenters. The molecule has 20 heavy (non-hydrogen) atoms. The molecule has 1 aromatic carbocycles. The van der Waals surface area contributed by atoms with Gasteiger partial charge in [0.2, 0.25) is 0 Å². The number of aromatic nitrogens is 3. The number of rotatable bonds is 3. The van der Waals surface area contributed by atoms with E-state index in [1.54, 1.807) is 19.2 Å². The van der Waals surface area contributed by atoms with E-state index in [1.807, 2.05) is 25.1 Å². The van der Waals surface area contributed by atoms with E-state index in [2.05, 4.69) is 20.5 Å². The molecule has 0 radical (unpaired) electrons. The molecular formula is C14H14N4O2. The maximum absolute atomic E-state index is 12.1. The second-order valence-corrected chi connectivity index (χ2v) is 4.49. The first-order chi connectivity index (χ1) is 9.67. The zero-order valence-corrected chi connectivity index (χ0v) is 11.2. The third kappa shape index (κ3) is 2.11. The fourth-order valence-electron chi connectivity index (χ4n) is 2.13. The number of nitrogens with one attached hydrogen (secondary N) is 3. The van der Waals surface area contributed by atoms with Crippen molar-refractivity contribution in [2.45, 2.75) is 6.92 Å². The van der Waals surface area contributed by atoms with Crippen LogP contribution in [0.2, 0.25) is 0 Å². The Balaban J connectivity index is 2.11. The van der Waals surface area contributed by atoms with Crippen LogP contribution in [0.5, 0.6) is 5.75 Å². The fourth-order valence-corrected chi connectivity index (χ4v) is 2.13. The molecule has 0 saturated heterocycles. The Morgan fingerprint density at radius 2 is 2.10 bits per heavy atom. The molecule has 3 N–H and O–H groups in total. The van der Waals surface area contributed by atoms with Crippen molar-refractivity contribution in [2.24, 2.45) is 0 Å². The first-order valence-corrected chi connectivity index (χ1v) is 6.16. The van der Waals surface area contributed by atoms with E-state index in [0.29, 0.717) is 22.8 Å². The number of aryl methyl sites for hydroxylation is 1. The van der Waals surface area contributed by atoms with Crippen molar-refractivity contribution in [3.8, 4) is 5.75 Å². The molecule has 6 heteroatoms. The van der Waals surface area contributed by atoms with Crippen LogP contribution >= 0.6 is 0 Å². The van der Waals surface area contributed by atoms with Gasteiger partial charge in [-0.2, -0.15) is 5.10 Å². The predicted octanol–water partition coefficient (Wildman–Crippen LogP) is 2.31. The lowest BCUT2D eigenvalue weighted by atomic mass is 10.1. The SMILES string of the molecule is COc1cccc2c(=O)[nH]c(Nc3cc(C)[nH]n3)cc12. The average Bonchev–Trinajstić information content (AvgIpc) is 2.83. The summed E-state index contributed by atoms with van der Waals surface area (Å²) in [7, 11) is 1.58. The van der Waals surface area contributed by atoms with Crippen LogP contribution in [0.25, 0.3) is 10.8 Å². The maximum Gasteiger partial charge on any atom is 0.257 e. The van der Waals surface area contributed by atoms with Crippen molar-refractivity contribution in [3.05, 3.63) is 46.4 Å². The number of anilines is 2. The molecule has 0 aliphatic heterocycles. The van der Waals surface area contributed by atoms with Crippen molar-refractivity contribution in [1.82, 2.24) is 15.2 Å². The Labute approximate surface area is 114 Å². The lowest BCUT2D eigenvalue weighted by molar-refractivity contribution is 0.420. The van der Waals surface area contributed by atoms with Gasteiger partial charge >= 0.3 is 0 Å². The molecule has 0 aliphatic carbocycles. The van der Waals surface area contributed by atoms with Crippen LogP contribution in [0, 0.1) is 6.92 Å². The molecule has 0 aliphatic rings. The number of pyridine rings is 1. The topological polar surface area (TPSA) is 82.8 Å². The van der Waals surface area contributed by atoms with Crippen molar-refractivity contribution in [1.29, 1.82) is 0 Å². The first kappa shape index (κ1) is 12.3. The number of benzene rings is 1. The summed E-state index contributed by atoms with van der Waals surface area (Å²) in [6, 6.07) is 9.06. The average molecular weight is 270 g/mol. The highest BCUT2D eigenvalue weighted by Crippen LogP contribution is 2.25. The van der Waals surface area contributed by atoms with Gasteiger partial charge in [0.1, 0.15) is 11.6 Å². The second-order valence-electron chi connectivity index (χ2n) is 4.49. The molecule has 0 amide bonds. The van der Waals surface area contributed by atoms with Gasteiger partial charge in [0, 0.05) is 17.1 Å². The number of hydrogen-bond donors (Lipinski definition) is 3. The summed E-state index contributed by atoms with van der Waals surface area (Å²) in [5, 5.41) is 11.3. The van der Waals surface area contributed by atoms with Gasteiger partial charge in [-0.05, 0) is 25.1 Å². The summed E-state index contributed by atoms with van der Waals surface area (Å²) >= 11 is 0. The van der Waals surface area contributed by atoms with Gasteiger partial charge in [0.15, 0.2) is 5.82 Å². The van der Waals surface area contributed by atoms with Crippen LogP contribution < -0.4 is 15.6 Å². The molecular weight excluding hydrogens is 256 g/mol. The van der Waals surface area contributed by atoms with Crippen LogP contribution in [0.4, 0.5) is 11.6 Å². The van der Waals surface area contributed by atoms with Crippen molar-refractivity contribution in [3.63, 3.8) is 0 Å². The van der Waals surface area contributed by atoms with Crippen LogP contribution in [-0.2, 0) is 0 Å². The summed E-state index contributed by atoms with van der Waals surface area (Å²) in [5.74, 6) is 1.88. The van der Waals surface area contributed by atoms with Gasteiger partial charge in [-0.25, -0.2) is 0 Å². The molecule has 102 valence electrons. The molecule has 0 fully saturated rings. The van der Waals surface area contributed by atoms with Gasteiger partial charge < -0.3 is 15.0 Å².